The van der Waals surface area contributed by atoms with Gasteiger partial charge in [0.05, 0.1) is 19.2 Å². The van der Waals surface area contributed by atoms with Crippen molar-refractivity contribution in [3.8, 4) is 17.2 Å². The minimum Gasteiger partial charge on any atom is -0.496 e. The van der Waals surface area contributed by atoms with E-state index >= 15 is 0 Å². The second kappa shape index (κ2) is 7.98. The van der Waals surface area contributed by atoms with E-state index in [1.165, 1.54) is 5.69 Å². The summed E-state index contributed by atoms with van der Waals surface area (Å²) in [6.07, 6.45) is 0. The first-order chi connectivity index (χ1) is 13.2. The van der Waals surface area contributed by atoms with Crippen molar-refractivity contribution >= 4 is 17.3 Å². The molecule has 0 N–H and O–H groups in total. The molecule has 1 aromatic heterocycles. The maximum absolute atomic E-state index is 6.10. The number of anilines is 1. The third-order valence-corrected chi connectivity index (χ3v) is 4.94. The van der Waals surface area contributed by atoms with Crippen LogP contribution in [0, 0.1) is 0 Å². The van der Waals surface area contributed by atoms with Gasteiger partial charge in [-0.05, 0) is 30.3 Å². The first-order valence-corrected chi connectivity index (χ1v) is 9.29. The Morgan fingerprint density at radius 2 is 1.85 bits per heavy atom. The summed E-state index contributed by atoms with van der Waals surface area (Å²) in [6.45, 7) is 4.38. The fraction of sp³-hybridized carbons (Fsp3) is 0.300. The number of nitrogens with zero attached hydrogens (tertiary/aromatic N) is 4. The predicted octanol–water partition coefficient (Wildman–Crippen LogP) is 3.72. The number of piperazine rings is 1. The molecule has 1 fully saturated rings. The number of methoxy groups -OCH3 is 1. The fourth-order valence-corrected chi connectivity index (χ4v) is 3.46. The summed E-state index contributed by atoms with van der Waals surface area (Å²) in [5.74, 6) is 1.83. The fourth-order valence-electron chi connectivity index (χ4n) is 3.28. The smallest absolute Gasteiger partial charge is 0.251 e. The summed E-state index contributed by atoms with van der Waals surface area (Å²) in [6, 6.07) is 15.6. The van der Waals surface area contributed by atoms with Crippen molar-refractivity contribution in [2.24, 2.45) is 0 Å². The van der Waals surface area contributed by atoms with Crippen LogP contribution in [-0.4, -0.2) is 48.4 Å². The van der Waals surface area contributed by atoms with Gasteiger partial charge in [0, 0.05) is 36.9 Å². The lowest BCUT2D eigenvalue weighted by Gasteiger charge is -2.35. The quantitative estimate of drug-likeness (QED) is 0.668. The number of ether oxygens (including phenoxy) is 1. The third-order valence-electron chi connectivity index (χ3n) is 4.71. The molecule has 0 bridgehead atoms. The van der Waals surface area contributed by atoms with Crippen LogP contribution in [0.15, 0.2) is 52.9 Å². The van der Waals surface area contributed by atoms with Crippen LogP contribution in [0.3, 0.4) is 0 Å². The Morgan fingerprint density at radius 3 is 2.63 bits per heavy atom. The van der Waals surface area contributed by atoms with Gasteiger partial charge in [-0.3, -0.25) is 4.90 Å². The van der Waals surface area contributed by atoms with E-state index in [-0.39, 0.29) is 0 Å². The van der Waals surface area contributed by atoms with E-state index in [1.807, 2.05) is 42.5 Å². The predicted molar refractivity (Wildman–Crippen MR) is 105 cm³/mol. The molecule has 3 aromatic rings. The van der Waals surface area contributed by atoms with E-state index in [2.05, 4.69) is 26.1 Å². The zero-order valence-electron chi connectivity index (χ0n) is 15.1. The molecular formula is C20H21ClN4O2. The molecule has 0 saturated carbocycles. The first-order valence-electron chi connectivity index (χ1n) is 8.91. The van der Waals surface area contributed by atoms with E-state index in [0.29, 0.717) is 18.3 Å². The van der Waals surface area contributed by atoms with Gasteiger partial charge in [-0.1, -0.05) is 29.8 Å². The number of benzene rings is 2. The molecule has 0 spiro atoms. The van der Waals surface area contributed by atoms with E-state index < -0.39 is 0 Å². The Bertz CT molecular complexity index is 906. The monoisotopic (exact) mass is 384 g/mol. The minimum absolute atomic E-state index is 0.486. The van der Waals surface area contributed by atoms with Gasteiger partial charge in [-0.2, -0.15) is 0 Å². The first kappa shape index (κ1) is 17.8. The van der Waals surface area contributed by atoms with Crippen LogP contribution in [0.4, 0.5) is 5.69 Å². The average Bonchev–Trinajstić information content (AvgIpc) is 3.17. The summed E-state index contributed by atoms with van der Waals surface area (Å²) in [4.78, 5) is 4.66. The molecule has 140 valence electrons. The minimum atomic E-state index is 0.486. The summed E-state index contributed by atoms with van der Waals surface area (Å²) >= 11 is 6.10. The molecule has 2 heterocycles. The number of halogens is 1. The highest BCUT2D eigenvalue weighted by Crippen LogP contribution is 2.28. The Kier molecular flexibility index (Phi) is 5.27. The summed E-state index contributed by atoms with van der Waals surface area (Å²) in [5, 5.41) is 9.16. The second-order valence-electron chi connectivity index (χ2n) is 6.44. The lowest BCUT2D eigenvalue weighted by Crippen LogP contribution is -2.46. The molecule has 0 aliphatic carbocycles. The SMILES string of the molecule is COc1ccccc1-c1nnc(CN2CCN(c3cccc(Cl)c3)CC2)o1. The Labute approximate surface area is 163 Å². The molecule has 0 radical (unpaired) electrons. The molecule has 1 aliphatic rings. The molecule has 7 heteroatoms. The summed E-state index contributed by atoms with van der Waals surface area (Å²) in [7, 11) is 1.63. The molecule has 0 amide bonds. The molecule has 27 heavy (non-hydrogen) atoms. The van der Waals surface area contributed by atoms with Gasteiger partial charge >= 0.3 is 0 Å². The normalized spacial score (nSPS) is 15.1. The lowest BCUT2D eigenvalue weighted by atomic mass is 10.2. The van der Waals surface area contributed by atoms with Gasteiger partial charge in [-0.15, -0.1) is 10.2 Å². The Balaban J connectivity index is 1.38. The molecule has 1 aliphatic heterocycles. The van der Waals surface area contributed by atoms with Crippen LogP contribution in [0.5, 0.6) is 5.75 Å². The Hall–Kier alpha value is -2.57. The molecule has 4 rings (SSSR count). The standard InChI is InChI=1S/C20H21ClN4O2/c1-26-18-8-3-2-7-17(18)20-23-22-19(27-20)14-24-9-11-25(12-10-24)16-6-4-5-15(21)13-16/h2-8,13H,9-12,14H2,1H3. The van der Waals surface area contributed by atoms with Crippen molar-refractivity contribution in [2.45, 2.75) is 6.54 Å². The van der Waals surface area contributed by atoms with Crippen molar-refractivity contribution < 1.29 is 9.15 Å². The maximum Gasteiger partial charge on any atom is 0.251 e. The van der Waals surface area contributed by atoms with Crippen LogP contribution in [0.25, 0.3) is 11.5 Å². The van der Waals surface area contributed by atoms with E-state index in [1.54, 1.807) is 7.11 Å². The van der Waals surface area contributed by atoms with Crippen LogP contribution < -0.4 is 9.64 Å². The highest BCUT2D eigenvalue weighted by atomic mass is 35.5. The van der Waals surface area contributed by atoms with Crippen molar-refractivity contribution in [2.75, 3.05) is 38.2 Å². The van der Waals surface area contributed by atoms with E-state index in [4.69, 9.17) is 20.8 Å². The van der Waals surface area contributed by atoms with Gasteiger partial charge in [0.25, 0.3) is 5.89 Å². The molecule has 1 saturated heterocycles. The average molecular weight is 385 g/mol. The molecule has 0 unspecified atom stereocenters. The number of aromatic nitrogens is 2. The van der Waals surface area contributed by atoms with Gasteiger partial charge in [-0.25, -0.2) is 0 Å². The van der Waals surface area contributed by atoms with Crippen LogP contribution in [0.1, 0.15) is 5.89 Å². The van der Waals surface area contributed by atoms with Crippen LogP contribution in [-0.2, 0) is 6.54 Å². The van der Waals surface area contributed by atoms with Crippen molar-refractivity contribution in [3.05, 3.63) is 59.4 Å². The van der Waals surface area contributed by atoms with E-state index in [9.17, 15) is 0 Å². The topological polar surface area (TPSA) is 54.6 Å². The maximum atomic E-state index is 6.10. The second-order valence-corrected chi connectivity index (χ2v) is 6.88. The van der Waals surface area contributed by atoms with Crippen LogP contribution in [0.2, 0.25) is 5.02 Å². The zero-order chi connectivity index (χ0) is 18.6. The van der Waals surface area contributed by atoms with E-state index in [0.717, 1.165) is 42.5 Å². The zero-order valence-corrected chi connectivity index (χ0v) is 15.9. The van der Waals surface area contributed by atoms with Crippen LogP contribution >= 0.6 is 11.6 Å². The van der Waals surface area contributed by atoms with Gasteiger partial charge < -0.3 is 14.1 Å². The highest BCUT2D eigenvalue weighted by molar-refractivity contribution is 6.30. The number of para-hydroxylation sites is 1. The van der Waals surface area contributed by atoms with Gasteiger partial charge in [0.15, 0.2) is 0 Å². The number of hydrogen-bond donors (Lipinski definition) is 0. The van der Waals surface area contributed by atoms with Crippen molar-refractivity contribution in [1.29, 1.82) is 0 Å². The van der Waals surface area contributed by atoms with Gasteiger partial charge in [0.2, 0.25) is 5.89 Å². The lowest BCUT2D eigenvalue weighted by molar-refractivity contribution is 0.227. The summed E-state index contributed by atoms with van der Waals surface area (Å²) in [5.41, 5.74) is 1.97. The molecule has 0 atom stereocenters. The highest BCUT2D eigenvalue weighted by Gasteiger charge is 2.20. The van der Waals surface area contributed by atoms with Gasteiger partial charge in [0.1, 0.15) is 5.75 Å². The molecule has 6 nitrogen and oxygen atoms in total. The molecule has 2 aromatic carbocycles. The Morgan fingerprint density at radius 1 is 1.04 bits per heavy atom. The summed E-state index contributed by atoms with van der Waals surface area (Å²) < 4.78 is 11.2. The van der Waals surface area contributed by atoms with Crippen molar-refractivity contribution in [3.63, 3.8) is 0 Å². The van der Waals surface area contributed by atoms with Crippen molar-refractivity contribution in [1.82, 2.24) is 15.1 Å². The largest absolute Gasteiger partial charge is 0.496 e. The third kappa shape index (κ3) is 4.07. The number of rotatable bonds is 5. The number of hydrogen-bond acceptors (Lipinski definition) is 6. The molecular weight excluding hydrogens is 364 g/mol.